The molecule has 3 heterocycles. The molecule has 4 nitrogen and oxygen atoms in total. The Labute approximate surface area is 145 Å². The highest BCUT2D eigenvalue weighted by atomic mass is 32.1. The molecule has 2 aromatic heterocycles. The van der Waals surface area contributed by atoms with E-state index in [9.17, 15) is 4.79 Å². The van der Waals surface area contributed by atoms with E-state index < -0.39 is 0 Å². The first-order valence-electron chi connectivity index (χ1n) is 8.34. The smallest absolute Gasteiger partial charge is 0.290 e. The first-order valence-corrected chi connectivity index (χ1v) is 9.28. The number of nitrogens with one attached hydrogen (secondary N) is 1. The Morgan fingerprint density at radius 1 is 1.25 bits per heavy atom. The number of amides is 1. The van der Waals surface area contributed by atoms with Gasteiger partial charge in [0.1, 0.15) is 12.1 Å². The van der Waals surface area contributed by atoms with Crippen molar-refractivity contribution in [1.29, 1.82) is 0 Å². The standard InChI is InChI=1S/C19H20N2O2S/c1-14-16-4-2-3-5-17(16)23-18(14)19(22)21-9-7-20(8-10-21)12-15-6-11-24-13-15/h2-6,11,13H,7-10,12H2,1H3/p+1. The molecule has 5 heteroatoms. The van der Waals surface area contributed by atoms with Crippen LogP contribution in [0.1, 0.15) is 21.7 Å². The van der Waals surface area contributed by atoms with Gasteiger partial charge in [-0.05, 0) is 29.8 Å². The van der Waals surface area contributed by atoms with E-state index in [0.29, 0.717) is 5.76 Å². The van der Waals surface area contributed by atoms with E-state index in [-0.39, 0.29) is 5.91 Å². The van der Waals surface area contributed by atoms with Crippen molar-refractivity contribution in [2.75, 3.05) is 26.2 Å². The van der Waals surface area contributed by atoms with Gasteiger partial charge in [-0.1, -0.05) is 18.2 Å². The van der Waals surface area contributed by atoms with Crippen molar-refractivity contribution in [3.05, 3.63) is 58.0 Å². The number of thiophene rings is 1. The number of hydrogen-bond donors (Lipinski definition) is 1. The molecular formula is C19H21N2O2S+. The zero-order chi connectivity index (χ0) is 16.5. The average molecular weight is 341 g/mol. The Morgan fingerprint density at radius 2 is 2.04 bits per heavy atom. The summed E-state index contributed by atoms with van der Waals surface area (Å²) in [5.41, 5.74) is 3.13. The third-order valence-electron chi connectivity index (χ3n) is 4.83. The fraction of sp³-hybridized carbons (Fsp3) is 0.316. The van der Waals surface area contributed by atoms with E-state index >= 15 is 0 Å². The molecule has 0 radical (unpaired) electrons. The molecule has 1 aliphatic rings. The molecule has 4 rings (SSSR count). The van der Waals surface area contributed by atoms with Crippen molar-refractivity contribution in [1.82, 2.24) is 4.90 Å². The monoisotopic (exact) mass is 341 g/mol. The van der Waals surface area contributed by atoms with Crippen molar-refractivity contribution in [2.45, 2.75) is 13.5 Å². The summed E-state index contributed by atoms with van der Waals surface area (Å²) in [5, 5.41) is 5.36. The summed E-state index contributed by atoms with van der Waals surface area (Å²) >= 11 is 1.74. The van der Waals surface area contributed by atoms with Gasteiger partial charge in [0.15, 0.2) is 5.76 Å². The Morgan fingerprint density at radius 3 is 2.75 bits per heavy atom. The van der Waals surface area contributed by atoms with Crippen LogP contribution in [-0.2, 0) is 6.54 Å². The molecule has 1 saturated heterocycles. The lowest BCUT2D eigenvalue weighted by Gasteiger charge is -2.31. The van der Waals surface area contributed by atoms with Crippen LogP contribution in [0.2, 0.25) is 0 Å². The normalized spacial score (nSPS) is 16.0. The van der Waals surface area contributed by atoms with Crippen molar-refractivity contribution < 1.29 is 14.1 Å². The first-order chi connectivity index (χ1) is 11.7. The third-order valence-corrected chi connectivity index (χ3v) is 5.56. The summed E-state index contributed by atoms with van der Waals surface area (Å²) < 4.78 is 5.83. The minimum absolute atomic E-state index is 0.0262. The van der Waals surface area contributed by atoms with E-state index in [1.807, 2.05) is 36.1 Å². The van der Waals surface area contributed by atoms with Gasteiger partial charge in [-0.3, -0.25) is 4.79 Å². The van der Waals surface area contributed by atoms with Crippen LogP contribution >= 0.6 is 11.3 Å². The number of quaternary nitrogens is 1. The second-order valence-corrected chi connectivity index (χ2v) is 7.18. The summed E-state index contributed by atoms with van der Waals surface area (Å²) in [6, 6.07) is 10.0. The number of nitrogens with zero attached hydrogens (tertiary/aromatic N) is 1. The van der Waals surface area contributed by atoms with E-state index in [0.717, 1.165) is 49.3 Å². The van der Waals surface area contributed by atoms with Crippen molar-refractivity contribution in [3.8, 4) is 0 Å². The number of benzene rings is 1. The maximum Gasteiger partial charge on any atom is 0.290 e. The van der Waals surface area contributed by atoms with Crippen LogP contribution < -0.4 is 4.90 Å². The van der Waals surface area contributed by atoms with Crippen LogP contribution in [0, 0.1) is 6.92 Å². The minimum Gasteiger partial charge on any atom is -0.451 e. The van der Waals surface area contributed by atoms with Crippen LogP contribution in [0.4, 0.5) is 0 Å². The SMILES string of the molecule is Cc1c(C(=O)N2CC[NH+](Cc3ccsc3)CC2)oc2ccccc12. The molecule has 124 valence electrons. The molecule has 0 spiro atoms. The number of piperazine rings is 1. The topological polar surface area (TPSA) is 37.9 Å². The molecule has 0 saturated carbocycles. The highest BCUT2D eigenvalue weighted by Gasteiger charge is 2.28. The van der Waals surface area contributed by atoms with E-state index in [1.165, 1.54) is 5.56 Å². The van der Waals surface area contributed by atoms with Gasteiger partial charge < -0.3 is 14.2 Å². The molecule has 1 aromatic carbocycles. The lowest BCUT2D eigenvalue weighted by atomic mass is 10.1. The summed E-state index contributed by atoms with van der Waals surface area (Å²) in [6.07, 6.45) is 0. The van der Waals surface area contributed by atoms with Gasteiger partial charge in [0.05, 0.1) is 26.2 Å². The highest BCUT2D eigenvalue weighted by molar-refractivity contribution is 7.07. The van der Waals surface area contributed by atoms with Crippen molar-refractivity contribution in [3.63, 3.8) is 0 Å². The lowest BCUT2D eigenvalue weighted by Crippen LogP contribution is -3.13. The Bertz CT molecular complexity index is 846. The molecule has 0 unspecified atom stereocenters. The van der Waals surface area contributed by atoms with Crippen molar-refractivity contribution in [2.24, 2.45) is 0 Å². The van der Waals surface area contributed by atoms with Crippen LogP contribution in [0.25, 0.3) is 11.0 Å². The van der Waals surface area contributed by atoms with Crippen molar-refractivity contribution >= 4 is 28.2 Å². The fourth-order valence-electron chi connectivity index (χ4n) is 3.41. The van der Waals surface area contributed by atoms with Gasteiger partial charge in [-0.15, -0.1) is 0 Å². The number of furan rings is 1. The summed E-state index contributed by atoms with van der Waals surface area (Å²) in [4.78, 5) is 16.3. The molecule has 24 heavy (non-hydrogen) atoms. The Balaban J connectivity index is 1.45. The van der Waals surface area contributed by atoms with Gasteiger partial charge in [-0.2, -0.15) is 11.3 Å². The lowest BCUT2D eigenvalue weighted by molar-refractivity contribution is -0.917. The molecule has 0 atom stereocenters. The zero-order valence-corrected chi connectivity index (χ0v) is 14.6. The zero-order valence-electron chi connectivity index (χ0n) is 13.7. The van der Waals surface area contributed by atoms with Gasteiger partial charge in [0.2, 0.25) is 0 Å². The van der Waals surface area contributed by atoms with E-state index in [1.54, 1.807) is 16.2 Å². The quantitative estimate of drug-likeness (QED) is 0.794. The maximum atomic E-state index is 12.8. The molecule has 1 aliphatic heterocycles. The summed E-state index contributed by atoms with van der Waals surface area (Å²) in [7, 11) is 0. The number of aryl methyl sites for hydroxylation is 1. The molecule has 1 fully saturated rings. The van der Waals surface area contributed by atoms with Gasteiger partial charge in [0, 0.05) is 16.5 Å². The predicted molar refractivity (Wildman–Crippen MR) is 95.6 cm³/mol. The van der Waals surface area contributed by atoms with Gasteiger partial charge >= 0.3 is 0 Å². The largest absolute Gasteiger partial charge is 0.451 e. The Kier molecular flexibility index (Phi) is 4.12. The third kappa shape index (κ3) is 2.85. The van der Waals surface area contributed by atoms with Crippen LogP contribution in [0.3, 0.4) is 0 Å². The Hall–Kier alpha value is -2.11. The number of rotatable bonds is 3. The number of hydrogen-bond acceptors (Lipinski definition) is 3. The van der Waals surface area contributed by atoms with Crippen LogP contribution in [-0.4, -0.2) is 37.0 Å². The first kappa shape index (κ1) is 15.4. The summed E-state index contributed by atoms with van der Waals surface area (Å²) in [6.45, 7) is 6.57. The summed E-state index contributed by atoms with van der Waals surface area (Å²) in [5.74, 6) is 0.524. The molecular weight excluding hydrogens is 320 g/mol. The van der Waals surface area contributed by atoms with Gasteiger partial charge in [-0.25, -0.2) is 0 Å². The van der Waals surface area contributed by atoms with E-state index in [4.69, 9.17) is 4.42 Å². The van der Waals surface area contributed by atoms with Crippen LogP contribution in [0.5, 0.6) is 0 Å². The van der Waals surface area contributed by atoms with Crippen LogP contribution in [0.15, 0.2) is 45.5 Å². The molecule has 1 amide bonds. The number of carbonyl (C=O) groups excluding carboxylic acids is 1. The minimum atomic E-state index is 0.0262. The number of carbonyl (C=O) groups is 1. The predicted octanol–water partition coefficient (Wildman–Crippen LogP) is 2.34. The second-order valence-electron chi connectivity index (χ2n) is 6.40. The second kappa shape index (κ2) is 6.42. The highest BCUT2D eigenvalue weighted by Crippen LogP contribution is 2.25. The molecule has 0 bridgehead atoms. The number of fused-ring (bicyclic) bond motifs is 1. The van der Waals surface area contributed by atoms with Gasteiger partial charge in [0.25, 0.3) is 5.91 Å². The fourth-order valence-corrected chi connectivity index (χ4v) is 4.08. The maximum absolute atomic E-state index is 12.8. The number of para-hydroxylation sites is 1. The molecule has 1 N–H and O–H groups in total. The average Bonchev–Trinajstić information content (AvgIpc) is 3.23. The molecule has 0 aliphatic carbocycles. The van der Waals surface area contributed by atoms with E-state index in [2.05, 4.69) is 16.8 Å². The molecule has 3 aromatic rings.